The lowest BCUT2D eigenvalue weighted by molar-refractivity contribution is 0.102. The summed E-state index contributed by atoms with van der Waals surface area (Å²) >= 11 is 1.34. The molecule has 1 fully saturated rings. The average molecular weight is 439 g/mol. The standard InChI is InChI=1S/C21H18N4O3S2/c26-20(13-5-9-15(10-6-13)30(27,28)25-14-7-8-14)24-21-23-19(12-29-21)17-11-22-18-4-2-1-3-16(17)18/h1-6,9-12,14,22,25H,7-8H2,(H,23,24,26). The molecule has 1 saturated carbocycles. The average Bonchev–Trinajstić information content (AvgIpc) is 3.25. The predicted octanol–water partition coefficient (Wildman–Crippen LogP) is 3.98. The van der Waals surface area contributed by atoms with Gasteiger partial charge in [0, 0.05) is 39.6 Å². The van der Waals surface area contributed by atoms with Gasteiger partial charge in [0.05, 0.1) is 10.6 Å². The fourth-order valence-electron chi connectivity index (χ4n) is 3.18. The maximum atomic E-state index is 12.6. The largest absolute Gasteiger partial charge is 0.360 e. The normalized spacial score (nSPS) is 14.1. The van der Waals surface area contributed by atoms with Gasteiger partial charge in [0.25, 0.3) is 5.91 Å². The van der Waals surface area contributed by atoms with Crippen molar-refractivity contribution in [1.82, 2.24) is 14.7 Å². The van der Waals surface area contributed by atoms with Crippen molar-refractivity contribution in [3.63, 3.8) is 0 Å². The van der Waals surface area contributed by atoms with E-state index in [0.717, 1.165) is 35.0 Å². The number of nitrogens with zero attached hydrogens (tertiary/aromatic N) is 1. The number of hydrogen-bond acceptors (Lipinski definition) is 5. The fourth-order valence-corrected chi connectivity index (χ4v) is 5.19. The van der Waals surface area contributed by atoms with Gasteiger partial charge in [-0.3, -0.25) is 10.1 Å². The number of benzene rings is 2. The van der Waals surface area contributed by atoms with Crippen LogP contribution in [0, 0.1) is 0 Å². The van der Waals surface area contributed by atoms with Crippen molar-refractivity contribution in [2.24, 2.45) is 0 Å². The Balaban J connectivity index is 1.31. The van der Waals surface area contributed by atoms with E-state index < -0.39 is 10.0 Å². The Hall–Kier alpha value is -3.01. The Bertz CT molecular complexity index is 1340. The van der Waals surface area contributed by atoms with Crippen molar-refractivity contribution in [1.29, 1.82) is 0 Å². The third kappa shape index (κ3) is 3.74. The van der Waals surface area contributed by atoms with Gasteiger partial charge in [-0.1, -0.05) is 18.2 Å². The van der Waals surface area contributed by atoms with E-state index in [1.54, 1.807) is 0 Å². The Morgan fingerprint density at radius 2 is 1.87 bits per heavy atom. The number of para-hydroxylation sites is 1. The predicted molar refractivity (Wildman–Crippen MR) is 117 cm³/mol. The third-order valence-corrected chi connectivity index (χ3v) is 7.21. The minimum atomic E-state index is -3.53. The van der Waals surface area contributed by atoms with Crippen LogP contribution in [0.5, 0.6) is 0 Å². The summed E-state index contributed by atoms with van der Waals surface area (Å²) in [6.07, 6.45) is 3.64. The smallest absolute Gasteiger partial charge is 0.257 e. The van der Waals surface area contributed by atoms with E-state index in [1.165, 1.54) is 35.6 Å². The highest BCUT2D eigenvalue weighted by Gasteiger charge is 2.28. The summed E-state index contributed by atoms with van der Waals surface area (Å²) in [7, 11) is -3.53. The molecule has 4 aromatic rings. The first-order valence-electron chi connectivity index (χ1n) is 9.45. The first-order valence-corrected chi connectivity index (χ1v) is 11.8. The molecule has 1 aliphatic carbocycles. The molecule has 2 heterocycles. The number of aromatic nitrogens is 2. The molecule has 30 heavy (non-hydrogen) atoms. The second kappa shape index (κ2) is 7.35. The van der Waals surface area contributed by atoms with Crippen LogP contribution in [0.15, 0.2) is 65.0 Å². The van der Waals surface area contributed by atoms with Crippen LogP contribution in [-0.4, -0.2) is 30.3 Å². The van der Waals surface area contributed by atoms with Crippen molar-refractivity contribution >= 4 is 43.3 Å². The summed E-state index contributed by atoms with van der Waals surface area (Å²) in [6.45, 7) is 0. The van der Waals surface area contributed by atoms with Gasteiger partial charge in [-0.2, -0.15) is 0 Å². The van der Waals surface area contributed by atoms with Crippen molar-refractivity contribution in [2.45, 2.75) is 23.8 Å². The highest BCUT2D eigenvalue weighted by Crippen LogP contribution is 2.31. The second-order valence-corrected chi connectivity index (χ2v) is 9.73. The van der Waals surface area contributed by atoms with Crippen LogP contribution in [0.2, 0.25) is 0 Å². The van der Waals surface area contributed by atoms with Crippen molar-refractivity contribution in [2.75, 3.05) is 5.32 Å². The number of anilines is 1. The molecule has 0 radical (unpaired) electrons. The van der Waals surface area contributed by atoms with E-state index in [0.29, 0.717) is 10.7 Å². The Labute approximate surface area is 177 Å². The molecule has 1 amide bonds. The van der Waals surface area contributed by atoms with E-state index in [4.69, 9.17) is 0 Å². The SMILES string of the molecule is O=C(Nc1nc(-c2c[nH]c3ccccc23)cs1)c1ccc(S(=O)(=O)NC2CC2)cc1. The van der Waals surface area contributed by atoms with Crippen molar-refractivity contribution in [3.05, 3.63) is 65.7 Å². The zero-order chi connectivity index (χ0) is 20.7. The lowest BCUT2D eigenvalue weighted by atomic mass is 10.1. The molecule has 0 unspecified atom stereocenters. The number of aromatic amines is 1. The van der Waals surface area contributed by atoms with Gasteiger partial charge in [-0.05, 0) is 43.2 Å². The maximum Gasteiger partial charge on any atom is 0.257 e. The number of H-pyrrole nitrogens is 1. The molecule has 3 N–H and O–H groups in total. The molecule has 0 spiro atoms. The molecule has 0 aliphatic heterocycles. The van der Waals surface area contributed by atoms with Gasteiger partial charge in [0.15, 0.2) is 5.13 Å². The first-order chi connectivity index (χ1) is 14.5. The number of amides is 1. The van der Waals surface area contributed by atoms with Crippen LogP contribution in [0.3, 0.4) is 0 Å². The summed E-state index contributed by atoms with van der Waals surface area (Å²) < 4.78 is 27.1. The number of thiazole rings is 1. The van der Waals surface area contributed by atoms with Crippen molar-refractivity contribution < 1.29 is 13.2 Å². The molecule has 5 rings (SSSR count). The molecule has 2 aromatic heterocycles. The summed E-state index contributed by atoms with van der Waals surface area (Å²) in [5.74, 6) is -0.339. The third-order valence-electron chi connectivity index (χ3n) is 4.92. The minimum Gasteiger partial charge on any atom is -0.360 e. The van der Waals surface area contributed by atoms with Crippen molar-refractivity contribution in [3.8, 4) is 11.3 Å². The monoisotopic (exact) mass is 438 g/mol. The molecular weight excluding hydrogens is 420 g/mol. The van der Waals surface area contributed by atoms with E-state index >= 15 is 0 Å². The molecule has 7 nitrogen and oxygen atoms in total. The summed E-state index contributed by atoms with van der Waals surface area (Å²) in [5.41, 5.74) is 3.14. The van der Waals surface area contributed by atoms with Crippen LogP contribution >= 0.6 is 11.3 Å². The summed E-state index contributed by atoms with van der Waals surface area (Å²) in [4.78, 5) is 20.5. The Morgan fingerprint density at radius 3 is 2.63 bits per heavy atom. The lowest BCUT2D eigenvalue weighted by Crippen LogP contribution is -2.25. The molecule has 0 saturated heterocycles. The summed E-state index contributed by atoms with van der Waals surface area (Å²) in [6, 6.07) is 13.9. The van der Waals surface area contributed by atoms with Crippen LogP contribution in [-0.2, 0) is 10.0 Å². The number of nitrogens with one attached hydrogen (secondary N) is 3. The minimum absolute atomic E-state index is 0.0363. The van der Waals surface area contributed by atoms with Crippen LogP contribution in [0.25, 0.3) is 22.2 Å². The summed E-state index contributed by atoms with van der Waals surface area (Å²) in [5, 5.41) is 6.22. The van der Waals surface area contributed by atoms with Gasteiger partial charge in [-0.25, -0.2) is 18.1 Å². The highest BCUT2D eigenvalue weighted by atomic mass is 32.2. The molecule has 2 aromatic carbocycles. The van der Waals surface area contributed by atoms with E-state index in [-0.39, 0.29) is 16.8 Å². The molecule has 0 bridgehead atoms. The van der Waals surface area contributed by atoms with Gasteiger partial charge >= 0.3 is 0 Å². The lowest BCUT2D eigenvalue weighted by Gasteiger charge is -2.06. The maximum absolute atomic E-state index is 12.6. The van der Waals surface area contributed by atoms with Gasteiger partial charge in [0.2, 0.25) is 10.0 Å². The molecule has 0 atom stereocenters. The second-order valence-electron chi connectivity index (χ2n) is 7.16. The van der Waals surface area contributed by atoms with E-state index in [1.807, 2.05) is 35.8 Å². The van der Waals surface area contributed by atoms with E-state index in [2.05, 4.69) is 20.0 Å². The van der Waals surface area contributed by atoms with Crippen LogP contribution in [0.4, 0.5) is 5.13 Å². The van der Waals surface area contributed by atoms with Crippen LogP contribution < -0.4 is 10.0 Å². The number of hydrogen-bond donors (Lipinski definition) is 3. The highest BCUT2D eigenvalue weighted by molar-refractivity contribution is 7.89. The van der Waals surface area contributed by atoms with E-state index in [9.17, 15) is 13.2 Å². The quantitative estimate of drug-likeness (QED) is 0.423. The Kier molecular flexibility index (Phi) is 4.65. The molecular formula is C21H18N4O3S2. The molecule has 9 heteroatoms. The number of carbonyl (C=O) groups is 1. The molecule has 1 aliphatic rings. The first kappa shape index (κ1) is 19.0. The molecule has 152 valence electrons. The van der Waals surface area contributed by atoms with Crippen LogP contribution in [0.1, 0.15) is 23.2 Å². The number of fused-ring (bicyclic) bond motifs is 1. The Morgan fingerprint density at radius 1 is 1.10 bits per heavy atom. The fraction of sp³-hybridized carbons (Fsp3) is 0.143. The van der Waals surface area contributed by atoms with Gasteiger partial charge in [0.1, 0.15) is 0 Å². The zero-order valence-corrected chi connectivity index (χ0v) is 17.4. The zero-order valence-electron chi connectivity index (χ0n) is 15.8. The van der Waals surface area contributed by atoms with Gasteiger partial charge in [-0.15, -0.1) is 11.3 Å². The number of sulfonamides is 1. The van der Waals surface area contributed by atoms with Gasteiger partial charge < -0.3 is 4.98 Å². The topological polar surface area (TPSA) is 104 Å². The number of rotatable bonds is 6. The number of carbonyl (C=O) groups excluding carboxylic acids is 1.